The predicted octanol–water partition coefficient (Wildman–Crippen LogP) is 5.36. The van der Waals surface area contributed by atoms with Crippen molar-refractivity contribution in [3.05, 3.63) is 93.5 Å². The lowest BCUT2D eigenvalue weighted by atomic mass is 10.1. The molecule has 10 heteroatoms. The molecule has 0 heterocycles. The lowest BCUT2D eigenvalue weighted by Crippen LogP contribution is -2.51. The van der Waals surface area contributed by atoms with Gasteiger partial charge in [-0.15, -0.1) is 0 Å². The van der Waals surface area contributed by atoms with Gasteiger partial charge in [0.05, 0.1) is 10.6 Å². The van der Waals surface area contributed by atoms with Crippen molar-refractivity contribution in [2.24, 2.45) is 0 Å². The number of sulfonamides is 1. The molecular weight excluding hydrogens is 545 g/mol. The van der Waals surface area contributed by atoms with Gasteiger partial charge in [-0.25, -0.2) is 8.42 Å². The van der Waals surface area contributed by atoms with Crippen LogP contribution in [0.2, 0.25) is 10.0 Å². The number of benzene rings is 3. The summed E-state index contributed by atoms with van der Waals surface area (Å²) in [5, 5.41) is 3.39. The maximum absolute atomic E-state index is 13.9. The number of nitrogens with one attached hydrogen (secondary N) is 1. The maximum atomic E-state index is 13.9. The highest BCUT2D eigenvalue weighted by Gasteiger charge is 2.33. The number of hydrogen-bond donors (Lipinski definition) is 1. The molecule has 3 aromatic rings. The first kappa shape index (κ1) is 29.5. The highest BCUT2D eigenvalue weighted by atomic mass is 35.5. The zero-order chi connectivity index (χ0) is 28.0. The largest absolute Gasteiger partial charge is 0.355 e. The van der Waals surface area contributed by atoms with Crippen molar-refractivity contribution < 1.29 is 18.0 Å². The Labute approximate surface area is 234 Å². The van der Waals surface area contributed by atoms with Crippen molar-refractivity contribution in [1.82, 2.24) is 10.2 Å². The summed E-state index contributed by atoms with van der Waals surface area (Å²) in [6.07, 6.45) is 0. The average molecular weight is 577 g/mol. The Morgan fingerprint density at radius 1 is 0.921 bits per heavy atom. The van der Waals surface area contributed by atoms with Crippen LogP contribution in [0, 0.1) is 13.8 Å². The fraction of sp³-hybridized carbons (Fsp3) is 0.286. The lowest BCUT2D eigenvalue weighted by Gasteiger charge is -2.33. The molecule has 0 saturated heterocycles. The fourth-order valence-electron chi connectivity index (χ4n) is 4.00. The molecule has 3 rings (SSSR count). The van der Waals surface area contributed by atoms with Crippen molar-refractivity contribution in [2.75, 3.05) is 17.4 Å². The zero-order valence-electron chi connectivity index (χ0n) is 21.7. The molecule has 0 aliphatic heterocycles. The molecule has 0 fully saturated rings. The van der Waals surface area contributed by atoms with E-state index >= 15 is 0 Å². The van der Waals surface area contributed by atoms with Crippen LogP contribution in [0.25, 0.3) is 0 Å². The molecule has 202 valence electrons. The van der Waals surface area contributed by atoms with Crippen LogP contribution < -0.4 is 9.62 Å². The van der Waals surface area contributed by atoms with Gasteiger partial charge in [-0.1, -0.05) is 59.6 Å². The van der Waals surface area contributed by atoms with E-state index in [0.717, 1.165) is 15.4 Å². The number of aryl methyl sites for hydroxylation is 1. The van der Waals surface area contributed by atoms with Crippen molar-refractivity contribution in [1.29, 1.82) is 0 Å². The summed E-state index contributed by atoms with van der Waals surface area (Å²) in [6.45, 7) is 6.79. The van der Waals surface area contributed by atoms with Crippen LogP contribution >= 0.6 is 23.2 Å². The first-order valence-electron chi connectivity index (χ1n) is 12.1. The number of carbonyl (C=O) groups is 2. The van der Waals surface area contributed by atoms with Gasteiger partial charge in [0.1, 0.15) is 12.6 Å². The van der Waals surface area contributed by atoms with Gasteiger partial charge >= 0.3 is 0 Å². The van der Waals surface area contributed by atoms with E-state index < -0.39 is 28.5 Å². The fourth-order valence-corrected chi connectivity index (χ4v) is 6.01. The summed E-state index contributed by atoms with van der Waals surface area (Å²) in [4.78, 5) is 28.1. The number of rotatable bonds is 10. The van der Waals surface area contributed by atoms with Crippen LogP contribution in [0.1, 0.15) is 30.5 Å². The molecule has 1 atom stereocenters. The lowest BCUT2D eigenvalue weighted by molar-refractivity contribution is -0.139. The number of halogens is 2. The van der Waals surface area contributed by atoms with Gasteiger partial charge in [0.15, 0.2) is 0 Å². The highest BCUT2D eigenvalue weighted by molar-refractivity contribution is 7.92. The first-order valence-corrected chi connectivity index (χ1v) is 14.3. The van der Waals surface area contributed by atoms with E-state index in [4.69, 9.17) is 23.2 Å². The van der Waals surface area contributed by atoms with Crippen molar-refractivity contribution in [3.63, 3.8) is 0 Å². The molecule has 0 aliphatic carbocycles. The monoisotopic (exact) mass is 575 g/mol. The van der Waals surface area contributed by atoms with Gasteiger partial charge in [-0.2, -0.15) is 0 Å². The molecule has 0 bridgehead atoms. The van der Waals surface area contributed by atoms with E-state index in [0.29, 0.717) is 27.8 Å². The van der Waals surface area contributed by atoms with E-state index in [1.165, 1.54) is 17.0 Å². The number of likely N-dealkylation sites (N-methyl/N-ethyl adjacent to an activating group) is 1. The van der Waals surface area contributed by atoms with E-state index in [1.807, 2.05) is 13.0 Å². The topological polar surface area (TPSA) is 86.8 Å². The second kappa shape index (κ2) is 12.7. The minimum atomic E-state index is -4.13. The zero-order valence-corrected chi connectivity index (χ0v) is 24.1. The minimum absolute atomic E-state index is 0.0474. The summed E-state index contributed by atoms with van der Waals surface area (Å²) in [6, 6.07) is 17.3. The number of amides is 2. The summed E-state index contributed by atoms with van der Waals surface area (Å²) in [7, 11) is -4.13. The van der Waals surface area contributed by atoms with Crippen LogP contribution in [0.5, 0.6) is 0 Å². The smallest absolute Gasteiger partial charge is 0.264 e. The minimum Gasteiger partial charge on any atom is -0.355 e. The van der Waals surface area contributed by atoms with E-state index in [2.05, 4.69) is 5.32 Å². The summed E-state index contributed by atoms with van der Waals surface area (Å²) in [5.74, 6) is -0.964. The van der Waals surface area contributed by atoms with E-state index in [1.54, 1.807) is 69.3 Å². The number of carbonyl (C=O) groups excluding carboxylic acids is 2. The maximum Gasteiger partial charge on any atom is 0.264 e. The summed E-state index contributed by atoms with van der Waals surface area (Å²) in [5.41, 5.74) is 2.43. The van der Waals surface area contributed by atoms with E-state index in [-0.39, 0.29) is 17.3 Å². The Morgan fingerprint density at radius 3 is 2.13 bits per heavy atom. The molecule has 2 amide bonds. The first-order chi connectivity index (χ1) is 18.0. The van der Waals surface area contributed by atoms with Crippen molar-refractivity contribution in [2.45, 2.75) is 45.2 Å². The molecule has 0 aromatic heterocycles. The number of anilines is 1. The number of hydrogen-bond acceptors (Lipinski definition) is 4. The van der Waals surface area contributed by atoms with Gasteiger partial charge in [0.2, 0.25) is 11.8 Å². The quantitative estimate of drug-likeness (QED) is 0.352. The summed E-state index contributed by atoms with van der Waals surface area (Å²) < 4.78 is 28.8. The Bertz CT molecular complexity index is 1390. The molecular formula is C28H31Cl2N3O4S. The molecule has 0 aliphatic rings. The summed E-state index contributed by atoms with van der Waals surface area (Å²) >= 11 is 12.8. The molecule has 0 saturated carbocycles. The van der Waals surface area contributed by atoms with Crippen LogP contribution in [0.3, 0.4) is 0 Å². The third-order valence-corrected chi connectivity index (χ3v) is 8.85. The molecule has 0 radical (unpaired) electrons. The Hall–Kier alpha value is -3.07. The normalized spacial score (nSPS) is 12.1. The van der Waals surface area contributed by atoms with Gasteiger partial charge in [-0.05, 0) is 69.2 Å². The average Bonchev–Trinajstić information content (AvgIpc) is 2.89. The van der Waals surface area contributed by atoms with Crippen molar-refractivity contribution >= 4 is 50.7 Å². The van der Waals surface area contributed by atoms with Crippen LogP contribution in [0.4, 0.5) is 5.69 Å². The molecule has 1 N–H and O–H groups in total. The van der Waals surface area contributed by atoms with Gasteiger partial charge in [0, 0.05) is 28.7 Å². The standard InChI is InChI=1S/C28H31Cl2N3O4S/c1-5-31-28(35)21(4)32(17-23-24(29)14-10-15-25(23)30)27(34)18-33(26-16-9-11-19(2)20(26)3)38(36,37)22-12-7-6-8-13-22/h6-16,21H,5,17-18H2,1-4H3,(H,31,35)/t21-/m1/s1. The van der Waals surface area contributed by atoms with Crippen molar-refractivity contribution in [3.8, 4) is 0 Å². The SMILES string of the molecule is CCNC(=O)[C@@H](C)N(Cc1c(Cl)cccc1Cl)C(=O)CN(c1cccc(C)c1C)S(=O)(=O)c1ccccc1. The third-order valence-electron chi connectivity index (χ3n) is 6.36. The molecule has 0 unspecified atom stereocenters. The molecule has 0 spiro atoms. The number of nitrogens with zero attached hydrogens (tertiary/aromatic N) is 2. The van der Waals surface area contributed by atoms with Gasteiger partial charge in [-0.3, -0.25) is 13.9 Å². The second-order valence-electron chi connectivity index (χ2n) is 8.84. The second-order valence-corrected chi connectivity index (χ2v) is 11.5. The Morgan fingerprint density at radius 2 is 1.53 bits per heavy atom. The predicted molar refractivity (Wildman–Crippen MR) is 152 cm³/mol. The highest BCUT2D eigenvalue weighted by Crippen LogP contribution is 2.30. The third kappa shape index (κ3) is 6.49. The Kier molecular flexibility index (Phi) is 9.82. The molecule has 3 aromatic carbocycles. The Balaban J connectivity index is 2.10. The molecule has 7 nitrogen and oxygen atoms in total. The van der Waals surface area contributed by atoms with Gasteiger partial charge in [0.25, 0.3) is 10.0 Å². The van der Waals surface area contributed by atoms with Crippen LogP contribution in [-0.4, -0.2) is 44.3 Å². The van der Waals surface area contributed by atoms with Crippen LogP contribution in [0.15, 0.2) is 71.6 Å². The molecule has 38 heavy (non-hydrogen) atoms. The van der Waals surface area contributed by atoms with Crippen LogP contribution in [-0.2, 0) is 26.2 Å². The van der Waals surface area contributed by atoms with Gasteiger partial charge < -0.3 is 10.2 Å². The van der Waals surface area contributed by atoms with E-state index in [9.17, 15) is 18.0 Å².